The molecule has 0 spiro atoms. The van der Waals surface area contributed by atoms with Crippen LogP contribution in [0.1, 0.15) is 28.5 Å². The number of methoxy groups -OCH3 is 1. The van der Waals surface area contributed by atoms with Crippen molar-refractivity contribution in [3.05, 3.63) is 101 Å². The monoisotopic (exact) mass is 420 g/mol. The maximum atomic E-state index is 13.7. The Kier molecular flexibility index (Phi) is 4.98. The van der Waals surface area contributed by atoms with Gasteiger partial charge in [0.1, 0.15) is 11.4 Å². The van der Waals surface area contributed by atoms with Crippen LogP contribution in [-0.2, 0) is 6.42 Å². The van der Waals surface area contributed by atoms with Crippen LogP contribution in [0.2, 0.25) is 0 Å². The number of nitrogens with zero attached hydrogens (tertiary/aromatic N) is 2. The SMILES string of the molecule is COc1cc(C2=C(C)Cc3c(-c4ccccc4)c(-c4ccccc4)nn3C2=O)ccc1C. The van der Waals surface area contributed by atoms with Gasteiger partial charge in [0.25, 0.3) is 5.91 Å². The van der Waals surface area contributed by atoms with Crippen LogP contribution >= 0.6 is 0 Å². The van der Waals surface area contributed by atoms with Gasteiger partial charge in [-0.3, -0.25) is 4.79 Å². The molecule has 0 saturated heterocycles. The van der Waals surface area contributed by atoms with E-state index in [1.54, 1.807) is 11.8 Å². The Morgan fingerprint density at radius 3 is 2.16 bits per heavy atom. The first-order valence-electron chi connectivity index (χ1n) is 10.7. The molecule has 1 aliphatic rings. The average Bonchev–Trinajstić information content (AvgIpc) is 3.21. The summed E-state index contributed by atoms with van der Waals surface area (Å²) in [4.78, 5) is 13.7. The van der Waals surface area contributed by atoms with E-state index in [1.165, 1.54) is 0 Å². The molecule has 1 aromatic heterocycles. The highest BCUT2D eigenvalue weighted by Crippen LogP contribution is 2.40. The highest BCUT2D eigenvalue weighted by molar-refractivity contribution is 6.23. The van der Waals surface area contributed by atoms with Crippen LogP contribution in [0, 0.1) is 6.92 Å². The lowest BCUT2D eigenvalue weighted by Crippen LogP contribution is -2.23. The fourth-order valence-corrected chi connectivity index (χ4v) is 4.46. The number of aryl methyl sites for hydroxylation is 1. The molecule has 0 N–H and O–H groups in total. The number of hydrogen-bond acceptors (Lipinski definition) is 3. The van der Waals surface area contributed by atoms with Gasteiger partial charge in [0.05, 0.1) is 12.8 Å². The van der Waals surface area contributed by atoms with Crippen molar-refractivity contribution in [3.8, 4) is 28.1 Å². The van der Waals surface area contributed by atoms with Crippen LogP contribution in [0.3, 0.4) is 0 Å². The second-order valence-corrected chi connectivity index (χ2v) is 8.14. The Morgan fingerprint density at radius 2 is 1.50 bits per heavy atom. The molecule has 0 unspecified atom stereocenters. The second kappa shape index (κ2) is 7.97. The van der Waals surface area contributed by atoms with Crippen molar-refractivity contribution in [2.75, 3.05) is 7.11 Å². The lowest BCUT2D eigenvalue weighted by molar-refractivity contribution is 0.0958. The van der Waals surface area contributed by atoms with Crippen LogP contribution in [-0.4, -0.2) is 22.8 Å². The molecular weight excluding hydrogens is 396 g/mol. The first kappa shape index (κ1) is 20.0. The first-order chi connectivity index (χ1) is 15.6. The third-order valence-corrected chi connectivity index (χ3v) is 6.05. The van der Waals surface area contributed by atoms with Gasteiger partial charge >= 0.3 is 0 Å². The maximum absolute atomic E-state index is 13.7. The van der Waals surface area contributed by atoms with Gasteiger partial charge in [-0.15, -0.1) is 0 Å². The van der Waals surface area contributed by atoms with Crippen molar-refractivity contribution in [3.63, 3.8) is 0 Å². The Hall–Kier alpha value is -3.92. The Bertz CT molecular complexity index is 1350. The minimum Gasteiger partial charge on any atom is -0.496 e. The number of hydrogen-bond donors (Lipinski definition) is 0. The second-order valence-electron chi connectivity index (χ2n) is 8.14. The van der Waals surface area contributed by atoms with Crippen molar-refractivity contribution < 1.29 is 9.53 Å². The fraction of sp³-hybridized carbons (Fsp3) is 0.143. The molecule has 0 radical (unpaired) electrons. The van der Waals surface area contributed by atoms with Gasteiger partial charge in [-0.1, -0.05) is 78.4 Å². The van der Waals surface area contributed by atoms with Gasteiger partial charge in [-0.05, 0) is 36.6 Å². The van der Waals surface area contributed by atoms with Gasteiger partial charge in [-0.25, -0.2) is 0 Å². The molecule has 4 nitrogen and oxygen atoms in total. The van der Waals surface area contributed by atoms with Crippen molar-refractivity contribution in [2.24, 2.45) is 0 Å². The summed E-state index contributed by atoms with van der Waals surface area (Å²) in [5.41, 5.74) is 8.46. The minimum atomic E-state index is -0.103. The van der Waals surface area contributed by atoms with E-state index in [4.69, 9.17) is 9.84 Å². The maximum Gasteiger partial charge on any atom is 0.279 e. The number of fused-ring (bicyclic) bond motifs is 1. The molecule has 0 aliphatic carbocycles. The molecule has 1 aliphatic heterocycles. The summed E-state index contributed by atoms with van der Waals surface area (Å²) in [6.45, 7) is 4.03. The summed E-state index contributed by atoms with van der Waals surface area (Å²) in [5.74, 6) is 0.672. The third kappa shape index (κ3) is 3.25. The standard InChI is InChI=1S/C28H24N2O2/c1-18-14-15-22(17-24(18)32-3)25-19(2)16-23-26(20-10-6-4-7-11-20)27(29-30(23)28(25)31)21-12-8-5-9-13-21/h4-15,17H,16H2,1-3H3. The van der Waals surface area contributed by atoms with E-state index in [-0.39, 0.29) is 5.91 Å². The van der Waals surface area contributed by atoms with Gasteiger partial charge in [0.15, 0.2) is 0 Å². The number of benzene rings is 3. The number of aromatic nitrogens is 2. The predicted octanol–water partition coefficient (Wildman–Crippen LogP) is 6.20. The Morgan fingerprint density at radius 1 is 0.844 bits per heavy atom. The molecule has 158 valence electrons. The number of allylic oxidation sites excluding steroid dienone is 2. The number of carbonyl (C=O) groups excluding carboxylic acids is 1. The lowest BCUT2D eigenvalue weighted by atomic mass is 9.90. The zero-order valence-corrected chi connectivity index (χ0v) is 18.4. The van der Waals surface area contributed by atoms with Gasteiger partial charge in [0.2, 0.25) is 0 Å². The lowest BCUT2D eigenvalue weighted by Gasteiger charge is -2.20. The van der Waals surface area contributed by atoms with E-state index in [0.29, 0.717) is 12.0 Å². The van der Waals surface area contributed by atoms with E-state index in [9.17, 15) is 4.79 Å². The van der Waals surface area contributed by atoms with Crippen LogP contribution in [0.4, 0.5) is 0 Å². The van der Waals surface area contributed by atoms with Crippen LogP contribution in [0.25, 0.3) is 28.0 Å². The fourth-order valence-electron chi connectivity index (χ4n) is 4.46. The minimum absolute atomic E-state index is 0.103. The molecular formula is C28H24N2O2. The smallest absolute Gasteiger partial charge is 0.279 e. The summed E-state index contributed by atoms with van der Waals surface area (Å²) >= 11 is 0. The van der Waals surface area contributed by atoms with Crippen molar-refractivity contribution in [1.82, 2.24) is 9.78 Å². The van der Waals surface area contributed by atoms with Crippen LogP contribution < -0.4 is 4.74 Å². The number of rotatable bonds is 4. The van der Waals surface area contributed by atoms with Gasteiger partial charge in [0, 0.05) is 23.1 Å². The normalized spacial score (nSPS) is 13.3. The molecule has 0 saturated carbocycles. The van der Waals surface area contributed by atoms with Gasteiger partial charge < -0.3 is 4.74 Å². The van der Waals surface area contributed by atoms with E-state index in [2.05, 4.69) is 12.1 Å². The Labute approximate surface area is 187 Å². The summed E-state index contributed by atoms with van der Waals surface area (Å²) in [7, 11) is 1.65. The van der Waals surface area contributed by atoms with E-state index >= 15 is 0 Å². The van der Waals surface area contributed by atoms with Crippen molar-refractivity contribution >= 4 is 11.5 Å². The van der Waals surface area contributed by atoms with Crippen molar-refractivity contribution in [2.45, 2.75) is 20.3 Å². The van der Waals surface area contributed by atoms with E-state index < -0.39 is 0 Å². The summed E-state index contributed by atoms with van der Waals surface area (Å²) in [6.07, 6.45) is 0.654. The molecule has 0 amide bonds. The topological polar surface area (TPSA) is 44.1 Å². The highest BCUT2D eigenvalue weighted by atomic mass is 16.5. The Balaban J connectivity index is 1.70. The number of carbonyl (C=O) groups is 1. The molecule has 4 heteroatoms. The molecule has 5 rings (SSSR count). The van der Waals surface area contributed by atoms with Crippen LogP contribution in [0.5, 0.6) is 5.75 Å². The molecule has 0 bridgehead atoms. The highest BCUT2D eigenvalue weighted by Gasteiger charge is 2.31. The van der Waals surface area contributed by atoms with E-state index in [0.717, 1.165) is 50.5 Å². The first-order valence-corrected chi connectivity index (χ1v) is 10.7. The summed E-state index contributed by atoms with van der Waals surface area (Å²) in [5, 5.41) is 4.85. The molecule has 2 heterocycles. The molecule has 32 heavy (non-hydrogen) atoms. The molecule has 3 aromatic carbocycles. The molecule has 0 fully saturated rings. The quantitative estimate of drug-likeness (QED) is 0.395. The third-order valence-electron chi connectivity index (χ3n) is 6.05. The number of ether oxygens (including phenoxy) is 1. The van der Waals surface area contributed by atoms with Crippen molar-refractivity contribution in [1.29, 1.82) is 0 Å². The summed E-state index contributed by atoms with van der Waals surface area (Å²) in [6, 6.07) is 26.2. The average molecular weight is 421 g/mol. The van der Waals surface area contributed by atoms with Crippen LogP contribution in [0.15, 0.2) is 84.4 Å². The van der Waals surface area contributed by atoms with E-state index in [1.807, 2.05) is 80.6 Å². The van der Waals surface area contributed by atoms with Gasteiger partial charge in [-0.2, -0.15) is 9.78 Å². The summed E-state index contributed by atoms with van der Waals surface area (Å²) < 4.78 is 7.10. The molecule has 4 aromatic rings. The predicted molar refractivity (Wildman–Crippen MR) is 128 cm³/mol. The largest absolute Gasteiger partial charge is 0.496 e. The zero-order chi connectivity index (χ0) is 22.2. The zero-order valence-electron chi connectivity index (χ0n) is 18.4. The molecule has 0 atom stereocenters.